The maximum Gasteiger partial charge on any atom is 0.129 e. The van der Waals surface area contributed by atoms with Crippen LogP contribution in [0.15, 0.2) is 140 Å². The molecular weight excluding hydrogens is 605 g/mol. The van der Waals surface area contributed by atoms with Crippen LogP contribution in [-0.2, 0) is 50.1 Å². The summed E-state index contributed by atoms with van der Waals surface area (Å²) < 4.78 is 48.8. The maximum absolute atomic E-state index is 15.7. The molecule has 6 rings (SSSR count). The van der Waals surface area contributed by atoms with Gasteiger partial charge in [0.15, 0.2) is 0 Å². The number of benzene rings is 5. The summed E-state index contributed by atoms with van der Waals surface area (Å²) in [5.74, 6) is -0.498. The molecule has 244 valence electrons. The Morgan fingerprint density at radius 1 is 0.562 bits per heavy atom. The zero-order valence-electron chi connectivity index (χ0n) is 26.6. The molecule has 5 aromatic rings. The highest BCUT2D eigenvalue weighted by molar-refractivity contribution is 5.36. The van der Waals surface area contributed by atoms with E-state index < -0.39 is 36.3 Å². The average Bonchev–Trinajstić information content (AvgIpc) is 3.14. The topological polar surface area (TPSA) is 69.9 Å². The maximum atomic E-state index is 15.7. The van der Waals surface area contributed by atoms with Gasteiger partial charge in [0.2, 0.25) is 0 Å². The molecule has 1 saturated heterocycles. The summed E-state index contributed by atoms with van der Waals surface area (Å²) in [5, 5.41) is 9.72. The Morgan fingerprint density at radius 2 is 1.02 bits per heavy atom. The quantitative estimate of drug-likeness (QED) is 0.122. The van der Waals surface area contributed by atoms with Gasteiger partial charge in [0, 0.05) is 5.56 Å². The standard InChI is InChI=1S/C41H38FNO5/c42-36-22-21-34(24-43)23-35(36)38-40(46-27-32-17-9-3-10-18-32)41(47-28-33-19-11-4-12-20-33)39(45-26-31-15-7-2-8-16-31)37(48-38)29-44-25-30-13-5-1-6-14-30/h1-23,37-41H,25-29H2/t37-,38+,39-,40+,41+/m1/s1. The van der Waals surface area contributed by atoms with Gasteiger partial charge in [0.05, 0.1) is 44.7 Å². The first-order valence-corrected chi connectivity index (χ1v) is 16.1. The average molecular weight is 644 g/mol. The van der Waals surface area contributed by atoms with Crippen molar-refractivity contribution < 1.29 is 28.1 Å². The first-order valence-electron chi connectivity index (χ1n) is 16.1. The van der Waals surface area contributed by atoms with Gasteiger partial charge in [0.1, 0.15) is 36.3 Å². The second-order valence-corrected chi connectivity index (χ2v) is 11.7. The van der Waals surface area contributed by atoms with Crippen LogP contribution in [-0.4, -0.2) is 31.0 Å². The highest BCUT2D eigenvalue weighted by Gasteiger charge is 2.49. The minimum absolute atomic E-state index is 0.154. The molecule has 1 aliphatic heterocycles. The third kappa shape index (κ3) is 8.81. The van der Waals surface area contributed by atoms with Crippen molar-refractivity contribution in [2.45, 2.75) is 56.9 Å². The monoisotopic (exact) mass is 643 g/mol. The van der Waals surface area contributed by atoms with E-state index in [1.165, 1.54) is 18.2 Å². The van der Waals surface area contributed by atoms with Crippen LogP contribution < -0.4 is 0 Å². The summed E-state index contributed by atoms with van der Waals surface area (Å²) in [6, 6.07) is 45.8. The largest absolute Gasteiger partial charge is 0.374 e. The molecule has 0 radical (unpaired) electrons. The minimum atomic E-state index is -0.926. The molecule has 5 aromatic carbocycles. The fourth-order valence-electron chi connectivity index (χ4n) is 5.87. The molecule has 0 unspecified atom stereocenters. The zero-order valence-corrected chi connectivity index (χ0v) is 26.6. The van der Waals surface area contributed by atoms with Crippen molar-refractivity contribution in [1.82, 2.24) is 0 Å². The van der Waals surface area contributed by atoms with Gasteiger partial charge in [-0.3, -0.25) is 0 Å². The van der Waals surface area contributed by atoms with Crippen molar-refractivity contribution in [3.63, 3.8) is 0 Å². The molecule has 0 aliphatic carbocycles. The van der Waals surface area contributed by atoms with Gasteiger partial charge in [-0.1, -0.05) is 121 Å². The summed E-state index contributed by atoms with van der Waals surface area (Å²) in [6.07, 6.45) is -3.74. The van der Waals surface area contributed by atoms with Crippen LogP contribution in [0, 0.1) is 17.1 Å². The molecule has 1 aliphatic rings. The first-order chi connectivity index (χ1) is 23.7. The highest BCUT2D eigenvalue weighted by atomic mass is 19.1. The van der Waals surface area contributed by atoms with Crippen LogP contribution in [0.5, 0.6) is 0 Å². The van der Waals surface area contributed by atoms with Gasteiger partial charge in [-0.05, 0) is 40.5 Å². The Hall–Kier alpha value is -4.68. The molecule has 0 N–H and O–H groups in total. The summed E-state index contributed by atoms with van der Waals surface area (Å²) in [4.78, 5) is 0. The number of nitriles is 1. The van der Waals surface area contributed by atoms with Crippen molar-refractivity contribution in [3.05, 3.63) is 179 Å². The lowest BCUT2D eigenvalue weighted by Crippen LogP contribution is -2.58. The molecule has 7 heteroatoms. The van der Waals surface area contributed by atoms with Gasteiger partial charge in [-0.2, -0.15) is 5.26 Å². The fraction of sp³-hybridized carbons (Fsp3) is 0.244. The lowest BCUT2D eigenvalue weighted by Gasteiger charge is -2.46. The third-order valence-corrected chi connectivity index (χ3v) is 8.31. The van der Waals surface area contributed by atoms with E-state index in [0.29, 0.717) is 18.8 Å². The Morgan fingerprint density at radius 3 is 1.52 bits per heavy atom. The van der Waals surface area contributed by atoms with E-state index in [-0.39, 0.29) is 25.4 Å². The summed E-state index contributed by atoms with van der Waals surface area (Å²) in [6.45, 7) is 1.31. The normalized spacial score (nSPS) is 20.6. The van der Waals surface area contributed by atoms with Crippen LogP contribution in [0.3, 0.4) is 0 Å². The molecule has 1 fully saturated rings. The Labute approximate surface area is 281 Å². The summed E-state index contributed by atoms with van der Waals surface area (Å²) in [5.41, 5.74) is 4.45. The molecule has 6 nitrogen and oxygen atoms in total. The lowest BCUT2D eigenvalue weighted by molar-refractivity contribution is -0.275. The lowest BCUT2D eigenvalue weighted by atomic mass is 9.89. The van der Waals surface area contributed by atoms with Gasteiger partial charge >= 0.3 is 0 Å². The van der Waals surface area contributed by atoms with E-state index in [2.05, 4.69) is 6.07 Å². The van der Waals surface area contributed by atoms with Crippen molar-refractivity contribution in [1.29, 1.82) is 5.26 Å². The zero-order chi connectivity index (χ0) is 33.0. The molecule has 0 bridgehead atoms. The van der Waals surface area contributed by atoms with E-state index in [4.69, 9.17) is 23.7 Å². The number of rotatable bonds is 14. The smallest absolute Gasteiger partial charge is 0.129 e. The number of halogens is 1. The van der Waals surface area contributed by atoms with Gasteiger partial charge < -0.3 is 23.7 Å². The van der Waals surface area contributed by atoms with Crippen LogP contribution >= 0.6 is 0 Å². The van der Waals surface area contributed by atoms with Gasteiger partial charge in [0.25, 0.3) is 0 Å². The third-order valence-electron chi connectivity index (χ3n) is 8.31. The number of hydrogen-bond donors (Lipinski definition) is 0. The van der Waals surface area contributed by atoms with Crippen LogP contribution in [0.4, 0.5) is 4.39 Å². The van der Waals surface area contributed by atoms with Crippen molar-refractivity contribution in [2.75, 3.05) is 6.61 Å². The summed E-state index contributed by atoms with van der Waals surface area (Å²) in [7, 11) is 0. The molecule has 1 heterocycles. The van der Waals surface area contributed by atoms with E-state index in [1.807, 2.05) is 121 Å². The van der Waals surface area contributed by atoms with Crippen molar-refractivity contribution >= 4 is 0 Å². The molecule has 0 amide bonds. The number of nitrogens with zero attached hydrogens (tertiary/aromatic N) is 1. The van der Waals surface area contributed by atoms with Crippen LogP contribution in [0.25, 0.3) is 0 Å². The van der Waals surface area contributed by atoms with E-state index in [9.17, 15) is 5.26 Å². The fourth-order valence-corrected chi connectivity index (χ4v) is 5.87. The second kappa shape index (κ2) is 16.9. The van der Waals surface area contributed by atoms with Crippen LogP contribution in [0.2, 0.25) is 0 Å². The SMILES string of the molecule is N#Cc1ccc(F)c([C@@H]2O[C@H](COCc3ccccc3)[C@@H](OCc3ccccc3)[C@H](OCc3ccccc3)[C@H]2OCc2ccccc2)c1. The predicted molar refractivity (Wildman–Crippen MR) is 180 cm³/mol. The Bertz CT molecular complexity index is 1730. The van der Waals surface area contributed by atoms with E-state index >= 15 is 4.39 Å². The Kier molecular flexibility index (Phi) is 11.7. The minimum Gasteiger partial charge on any atom is -0.374 e. The van der Waals surface area contributed by atoms with Crippen LogP contribution in [0.1, 0.15) is 39.5 Å². The molecular formula is C41H38FNO5. The molecule has 0 saturated carbocycles. The molecule has 0 aromatic heterocycles. The predicted octanol–water partition coefficient (Wildman–Crippen LogP) is 8.11. The van der Waals surface area contributed by atoms with E-state index in [0.717, 1.165) is 22.3 Å². The number of hydrogen-bond acceptors (Lipinski definition) is 6. The summed E-state index contributed by atoms with van der Waals surface area (Å²) >= 11 is 0. The van der Waals surface area contributed by atoms with Gasteiger partial charge in [-0.25, -0.2) is 4.39 Å². The van der Waals surface area contributed by atoms with Crippen molar-refractivity contribution in [3.8, 4) is 6.07 Å². The van der Waals surface area contributed by atoms with E-state index in [1.54, 1.807) is 0 Å². The second-order valence-electron chi connectivity index (χ2n) is 11.7. The first kappa shape index (κ1) is 33.2. The number of ether oxygens (including phenoxy) is 5. The van der Waals surface area contributed by atoms with Crippen molar-refractivity contribution in [2.24, 2.45) is 0 Å². The van der Waals surface area contributed by atoms with Gasteiger partial charge in [-0.15, -0.1) is 0 Å². The molecule has 48 heavy (non-hydrogen) atoms. The highest BCUT2D eigenvalue weighted by Crippen LogP contribution is 2.39. The molecule has 5 atom stereocenters. The Balaban J connectivity index is 1.38. The molecule has 0 spiro atoms.